The highest BCUT2D eigenvalue weighted by Crippen LogP contribution is 2.54. The van der Waals surface area contributed by atoms with Gasteiger partial charge in [0.05, 0.1) is 0 Å². The molecule has 0 aliphatic heterocycles. The molecule has 1 saturated carbocycles. The first kappa shape index (κ1) is 8.58. The molecule has 0 unspecified atom stereocenters. The zero-order valence-corrected chi connectivity index (χ0v) is 9.19. The topological polar surface area (TPSA) is 0 Å². The minimum absolute atomic E-state index is 0.687. The molecule has 16 heavy (non-hydrogen) atoms. The number of fused-ring (bicyclic) bond motifs is 3. The quantitative estimate of drug-likeness (QED) is 0.655. The molecule has 1 fully saturated rings. The summed E-state index contributed by atoms with van der Waals surface area (Å²) in [5, 5.41) is 0. The Labute approximate surface area is 95.9 Å². The average molecular weight is 206 g/mol. The van der Waals surface area contributed by atoms with Crippen LogP contribution < -0.4 is 0 Å². The number of hydrogen-bond acceptors (Lipinski definition) is 0. The van der Waals surface area contributed by atoms with Crippen LogP contribution in [0.2, 0.25) is 0 Å². The average Bonchev–Trinajstić information content (AvgIpc) is 3.11. The van der Waals surface area contributed by atoms with Crippen LogP contribution in [0.4, 0.5) is 0 Å². The van der Waals surface area contributed by atoms with Crippen molar-refractivity contribution in [1.82, 2.24) is 0 Å². The van der Waals surface area contributed by atoms with E-state index in [1.165, 1.54) is 24.0 Å². The van der Waals surface area contributed by atoms with Gasteiger partial charge < -0.3 is 0 Å². The Morgan fingerprint density at radius 1 is 0.688 bits per heavy atom. The molecule has 0 radical (unpaired) electrons. The molecule has 2 aromatic carbocycles. The van der Waals surface area contributed by atoms with Crippen LogP contribution in [0.25, 0.3) is 11.1 Å². The summed E-state index contributed by atoms with van der Waals surface area (Å²) in [6, 6.07) is 17.9. The summed E-state index contributed by atoms with van der Waals surface area (Å²) in [4.78, 5) is 0. The van der Waals surface area contributed by atoms with Crippen molar-refractivity contribution < 1.29 is 0 Å². The normalized spacial score (nSPS) is 18.2. The largest absolute Gasteiger partial charge is 0.0619 e. The smallest absolute Gasteiger partial charge is 0.0130 e. The maximum atomic E-state index is 2.32. The van der Waals surface area contributed by atoms with E-state index in [1.807, 2.05) is 0 Å². The Kier molecular flexibility index (Phi) is 1.59. The van der Waals surface area contributed by atoms with Crippen molar-refractivity contribution in [2.24, 2.45) is 5.92 Å². The fraction of sp³-hybridized carbons (Fsp3) is 0.250. The molecule has 0 nitrogen and oxygen atoms in total. The third kappa shape index (κ3) is 1.05. The predicted molar refractivity (Wildman–Crippen MR) is 66.4 cm³/mol. The maximum Gasteiger partial charge on any atom is 0.0130 e. The summed E-state index contributed by atoms with van der Waals surface area (Å²) in [6.45, 7) is 0. The molecule has 0 heterocycles. The van der Waals surface area contributed by atoms with E-state index in [-0.39, 0.29) is 0 Å². The van der Waals surface area contributed by atoms with Gasteiger partial charge in [-0.1, -0.05) is 48.5 Å². The summed E-state index contributed by atoms with van der Waals surface area (Å²) in [5.41, 5.74) is 6.06. The third-order valence-electron chi connectivity index (χ3n) is 3.98. The van der Waals surface area contributed by atoms with Crippen molar-refractivity contribution in [3.8, 4) is 11.1 Å². The van der Waals surface area contributed by atoms with Gasteiger partial charge in [0.2, 0.25) is 0 Å². The molecule has 0 N–H and O–H groups in total. The van der Waals surface area contributed by atoms with Crippen LogP contribution in [-0.2, 0) is 0 Å². The second kappa shape index (κ2) is 2.98. The van der Waals surface area contributed by atoms with Gasteiger partial charge in [0.1, 0.15) is 0 Å². The van der Waals surface area contributed by atoms with E-state index in [4.69, 9.17) is 0 Å². The highest BCUT2D eigenvalue weighted by Gasteiger charge is 2.39. The van der Waals surface area contributed by atoms with Crippen LogP contribution in [0, 0.1) is 5.92 Å². The number of rotatable bonds is 1. The first-order valence-corrected chi connectivity index (χ1v) is 6.13. The van der Waals surface area contributed by atoms with Gasteiger partial charge in [-0.05, 0) is 41.0 Å². The first-order chi connectivity index (χ1) is 7.95. The Hall–Kier alpha value is -1.56. The Morgan fingerprint density at radius 3 is 1.69 bits per heavy atom. The van der Waals surface area contributed by atoms with Crippen LogP contribution in [-0.4, -0.2) is 0 Å². The van der Waals surface area contributed by atoms with E-state index in [9.17, 15) is 0 Å². The van der Waals surface area contributed by atoms with E-state index < -0.39 is 0 Å². The Morgan fingerprint density at radius 2 is 1.19 bits per heavy atom. The molecule has 2 aliphatic rings. The van der Waals surface area contributed by atoms with Crippen molar-refractivity contribution in [1.29, 1.82) is 0 Å². The number of benzene rings is 2. The summed E-state index contributed by atoms with van der Waals surface area (Å²) in [6.07, 6.45) is 2.82. The van der Waals surface area contributed by atoms with Gasteiger partial charge in [-0.25, -0.2) is 0 Å². The minimum atomic E-state index is 0.687. The van der Waals surface area contributed by atoms with Crippen LogP contribution in [0.1, 0.15) is 29.9 Å². The first-order valence-electron chi connectivity index (χ1n) is 6.13. The van der Waals surface area contributed by atoms with Crippen molar-refractivity contribution in [3.63, 3.8) is 0 Å². The molecule has 0 saturated heterocycles. The van der Waals surface area contributed by atoms with E-state index in [0.717, 1.165) is 5.92 Å². The number of hydrogen-bond donors (Lipinski definition) is 0. The SMILES string of the molecule is c1ccc2c(c1)-c1ccccc1C2C1CC1. The Balaban J connectivity index is 2.01. The molecule has 0 aromatic heterocycles. The van der Waals surface area contributed by atoms with Crippen molar-refractivity contribution in [3.05, 3.63) is 59.7 Å². The lowest BCUT2D eigenvalue weighted by Crippen LogP contribution is -1.98. The van der Waals surface area contributed by atoms with E-state index >= 15 is 0 Å². The molecule has 0 amide bonds. The van der Waals surface area contributed by atoms with E-state index in [2.05, 4.69) is 48.5 Å². The zero-order chi connectivity index (χ0) is 10.5. The zero-order valence-electron chi connectivity index (χ0n) is 9.19. The molecular formula is C16H14. The second-order valence-corrected chi connectivity index (χ2v) is 4.99. The highest BCUT2D eigenvalue weighted by molar-refractivity contribution is 5.79. The molecule has 0 heteroatoms. The van der Waals surface area contributed by atoms with Crippen molar-refractivity contribution in [2.45, 2.75) is 18.8 Å². The van der Waals surface area contributed by atoms with Gasteiger partial charge in [0.25, 0.3) is 0 Å². The van der Waals surface area contributed by atoms with Gasteiger partial charge in [0, 0.05) is 5.92 Å². The molecule has 4 rings (SSSR count). The van der Waals surface area contributed by atoms with E-state index in [1.54, 1.807) is 11.1 Å². The fourth-order valence-electron chi connectivity index (χ4n) is 3.13. The van der Waals surface area contributed by atoms with Crippen LogP contribution in [0.15, 0.2) is 48.5 Å². The lowest BCUT2D eigenvalue weighted by Gasteiger charge is -2.11. The van der Waals surface area contributed by atoms with Gasteiger partial charge in [-0.15, -0.1) is 0 Å². The van der Waals surface area contributed by atoms with Gasteiger partial charge in [0.15, 0.2) is 0 Å². The molecule has 0 atom stereocenters. The minimum Gasteiger partial charge on any atom is -0.0619 e. The highest BCUT2D eigenvalue weighted by atomic mass is 14.4. The fourth-order valence-corrected chi connectivity index (χ4v) is 3.13. The lowest BCUT2D eigenvalue weighted by atomic mass is 9.92. The summed E-state index contributed by atoms with van der Waals surface area (Å²) in [7, 11) is 0. The van der Waals surface area contributed by atoms with Gasteiger partial charge in [-0.2, -0.15) is 0 Å². The van der Waals surface area contributed by atoms with Gasteiger partial charge >= 0.3 is 0 Å². The molecular weight excluding hydrogens is 192 g/mol. The van der Waals surface area contributed by atoms with Gasteiger partial charge in [-0.3, -0.25) is 0 Å². The van der Waals surface area contributed by atoms with Crippen LogP contribution >= 0.6 is 0 Å². The lowest BCUT2D eigenvalue weighted by molar-refractivity contribution is 0.720. The van der Waals surface area contributed by atoms with Crippen molar-refractivity contribution in [2.75, 3.05) is 0 Å². The third-order valence-corrected chi connectivity index (χ3v) is 3.98. The maximum absolute atomic E-state index is 2.32. The standard InChI is InChI=1S/C16H14/c1-3-7-14-12(5-1)13-6-2-4-8-15(13)16(14)11-9-10-11/h1-8,11,16H,9-10H2. The second-order valence-electron chi connectivity index (χ2n) is 4.99. The molecule has 78 valence electrons. The van der Waals surface area contributed by atoms with Crippen LogP contribution in [0.5, 0.6) is 0 Å². The molecule has 2 aromatic rings. The molecule has 0 spiro atoms. The molecule has 2 aliphatic carbocycles. The summed E-state index contributed by atoms with van der Waals surface area (Å²) in [5.74, 6) is 1.59. The monoisotopic (exact) mass is 206 g/mol. The van der Waals surface area contributed by atoms with Crippen molar-refractivity contribution >= 4 is 0 Å². The summed E-state index contributed by atoms with van der Waals surface area (Å²) < 4.78 is 0. The predicted octanol–water partition coefficient (Wildman–Crippen LogP) is 4.21. The molecule has 0 bridgehead atoms. The Bertz CT molecular complexity index is 504. The van der Waals surface area contributed by atoms with E-state index in [0.29, 0.717) is 5.92 Å². The van der Waals surface area contributed by atoms with Crippen LogP contribution in [0.3, 0.4) is 0 Å². The summed E-state index contributed by atoms with van der Waals surface area (Å²) >= 11 is 0.